The van der Waals surface area contributed by atoms with Crippen LogP contribution in [0.15, 0.2) is 4.52 Å². The van der Waals surface area contributed by atoms with Gasteiger partial charge in [0.25, 0.3) is 0 Å². The lowest BCUT2D eigenvalue weighted by Gasteiger charge is -2.28. The summed E-state index contributed by atoms with van der Waals surface area (Å²) >= 11 is 0. The molecule has 0 spiro atoms. The molecule has 1 aliphatic rings. The van der Waals surface area contributed by atoms with Gasteiger partial charge in [-0.3, -0.25) is 0 Å². The Morgan fingerprint density at radius 1 is 1.19 bits per heavy atom. The van der Waals surface area contributed by atoms with Crippen LogP contribution in [0.4, 0.5) is 4.79 Å². The van der Waals surface area contributed by atoms with Crippen molar-refractivity contribution in [3.05, 3.63) is 17.0 Å². The van der Waals surface area contributed by atoms with Gasteiger partial charge in [-0.1, -0.05) is 24.4 Å². The van der Waals surface area contributed by atoms with Gasteiger partial charge in [0.05, 0.1) is 11.7 Å². The highest BCUT2D eigenvalue weighted by Gasteiger charge is 2.23. The van der Waals surface area contributed by atoms with Crippen LogP contribution >= 0.6 is 0 Å². The van der Waals surface area contributed by atoms with Crippen LogP contribution in [0, 0.1) is 19.8 Å². The lowest BCUT2D eigenvalue weighted by Crippen LogP contribution is -2.45. The zero-order valence-corrected chi connectivity index (χ0v) is 13.5. The van der Waals surface area contributed by atoms with Crippen molar-refractivity contribution in [2.24, 2.45) is 5.92 Å². The molecular weight excluding hydrogens is 266 g/mol. The van der Waals surface area contributed by atoms with Gasteiger partial charge >= 0.3 is 6.03 Å². The summed E-state index contributed by atoms with van der Waals surface area (Å²) in [5, 5.41) is 10.00. The summed E-state index contributed by atoms with van der Waals surface area (Å²) in [6.07, 6.45) is 6.35. The van der Waals surface area contributed by atoms with E-state index < -0.39 is 0 Å². The van der Waals surface area contributed by atoms with Crippen LogP contribution in [-0.4, -0.2) is 17.2 Å². The van der Waals surface area contributed by atoms with Crippen LogP contribution in [0.2, 0.25) is 0 Å². The summed E-state index contributed by atoms with van der Waals surface area (Å²) < 4.78 is 5.15. The van der Waals surface area contributed by atoms with Crippen LogP contribution in [0.1, 0.15) is 69.0 Å². The largest absolute Gasteiger partial charge is 0.361 e. The second-order valence-corrected chi connectivity index (χ2v) is 6.26. The van der Waals surface area contributed by atoms with Crippen molar-refractivity contribution in [2.45, 2.75) is 71.9 Å². The van der Waals surface area contributed by atoms with Crippen molar-refractivity contribution < 1.29 is 9.32 Å². The van der Waals surface area contributed by atoms with E-state index in [2.05, 4.69) is 22.7 Å². The van der Waals surface area contributed by atoms with Gasteiger partial charge in [-0.25, -0.2) is 4.79 Å². The Balaban J connectivity index is 1.86. The van der Waals surface area contributed by atoms with Crippen molar-refractivity contribution in [3.63, 3.8) is 0 Å². The van der Waals surface area contributed by atoms with Crippen LogP contribution < -0.4 is 10.6 Å². The van der Waals surface area contributed by atoms with Gasteiger partial charge in [-0.2, -0.15) is 0 Å². The molecule has 2 rings (SSSR count). The molecule has 1 aliphatic carbocycles. The number of hydrogen-bond donors (Lipinski definition) is 2. The molecule has 0 aliphatic heterocycles. The zero-order chi connectivity index (χ0) is 15.4. The van der Waals surface area contributed by atoms with Gasteiger partial charge in [-0.05, 0) is 46.5 Å². The molecule has 1 saturated carbocycles. The molecule has 5 heteroatoms. The van der Waals surface area contributed by atoms with Crippen molar-refractivity contribution in [2.75, 3.05) is 0 Å². The molecule has 5 nitrogen and oxygen atoms in total. The molecule has 1 aromatic heterocycles. The second-order valence-electron chi connectivity index (χ2n) is 6.26. The number of carbonyl (C=O) groups is 1. The van der Waals surface area contributed by atoms with E-state index in [4.69, 9.17) is 4.52 Å². The van der Waals surface area contributed by atoms with Crippen LogP contribution in [0.3, 0.4) is 0 Å². The number of nitrogens with one attached hydrogen (secondary N) is 2. The number of aryl methyl sites for hydroxylation is 2. The van der Waals surface area contributed by atoms with E-state index in [9.17, 15) is 4.79 Å². The molecule has 1 heterocycles. The first-order valence-electron chi connectivity index (χ1n) is 7.98. The number of aromatic nitrogens is 1. The van der Waals surface area contributed by atoms with Gasteiger partial charge in [0.1, 0.15) is 5.76 Å². The number of rotatable bonds is 4. The van der Waals surface area contributed by atoms with Crippen LogP contribution in [0.25, 0.3) is 0 Å². The fourth-order valence-corrected chi connectivity index (χ4v) is 3.38. The molecule has 0 unspecified atom stereocenters. The molecule has 1 aromatic rings. The summed E-state index contributed by atoms with van der Waals surface area (Å²) in [6, 6.07) is 0.0116. The molecule has 2 atom stereocenters. The molecule has 0 saturated heterocycles. The average Bonchev–Trinajstić information content (AvgIpc) is 2.78. The molecule has 0 aromatic carbocycles. The summed E-state index contributed by atoms with van der Waals surface area (Å²) in [7, 11) is 0. The minimum atomic E-state index is -0.111. The third-order valence-corrected chi connectivity index (χ3v) is 4.58. The van der Waals surface area contributed by atoms with Gasteiger partial charge in [0.2, 0.25) is 0 Å². The quantitative estimate of drug-likeness (QED) is 0.891. The first-order valence-corrected chi connectivity index (χ1v) is 7.98. The fourth-order valence-electron chi connectivity index (χ4n) is 3.38. The standard InChI is InChI=1S/C16H27N3O2/c1-10(14-8-6-5-7-9-14)17-16(20)18-11(2)15-12(3)19-21-13(15)4/h10-11,14H,5-9H2,1-4H3,(H2,17,18,20)/t10-,11+/m0/s1. The number of carbonyl (C=O) groups excluding carboxylic acids is 1. The monoisotopic (exact) mass is 293 g/mol. The Labute approximate surface area is 126 Å². The first kappa shape index (κ1) is 15.9. The second kappa shape index (κ2) is 6.96. The van der Waals surface area contributed by atoms with E-state index in [0.717, 1.165) is 17.0 Å². The fraction of sp³-hybridized carbons (Fsp3) is 0.750. The third-order valence-electron chi connectivity index (χ3n) is 4.58. The summed E-state index contributed by atoms with van der Waals surface area (Å²) in [4.78, 5) is 12.2. The number of amides is 2. The van der Waals surface area contributed by atoms with Gasteiger partial charge in [0.15, 0.2) is 0 Å². The Kier molecular flexibility index (Phi) is 5.26. The maximum Gasteiger partial charge on any atom is 0.315 e. The molecule has 118 valence electrons. The van der Waals surface area contributed by atoms with Crippen LogP contribution in [-0.2, 0) is 0 Å². The van der Waals surface area contributed by atoms with Gasteiger partial charge in [0, 0.05) is 11.6 Å². The van der Waals surface area contributed by atoms with Gasteiger partial charge in [-0.15, -0.1) is 0 Å². The van der Waals surface area contributed by atoms with E-state index in [-0.39, 0.29) is 18.1 Å². The number of hydrogen-bond acceptors (Lipinski definition) is 3. The molecule has 0 radical (unpaired) electrons. The van der Waals surface area contributed by atoms with E-state index in [1.165, 1.54) is 32.1 Å². The number of urea groups is 1. The lowest BCUT2D eigenvalue weighted by molar-refractivity contribution is 0.222. The first-order chi connectivity index (χ1) is 9.99. The summed E-state index contributed by atoms with van der Waals surface area (Å²) in [6.45, 7) is 7.83. The zero-order valence-electron chi connectivity index (χ0n) is 13.5. The molecule has 21 heavy (non-hydrogen) atoms. The van der Waals surface area contributed by atoms with E-state index in [1.54, 1.807) is 0 Å². The highest BCUT2D eigenvalue weighted by atomic mass is 16.5. The van der Waals surface area contributed by atoms with E-state index in [0.29, 0.717) is 5.92 Å². The SMILES string of the molecule is Cc1noc(C)c1[C@@H](C)NC(=O)N[C@@H](C)C1CCCCC1. The molecule has 1 fully saturated rings. The lowest BCUT2D eigenvalue weighted by atomic mass is 9.85. The third kappa shape index (κ3) is 3.99. The van der Waals surface area contributed by atoms with Crippen LogP contribution in [0.5, 0.6) is 0 Å². The predicted molar refractivity (Wildman–Crippen MR) is 82.1 cm³/mol. The smallest absolute Gasteiger partial charge is 0.315 e. The maximum absolute atomic E-state index is 12.2. The van der Waals surface area contributed by atoms with E-state index >= 15 is 0 Å². The normalized spacial score (nSPS) is 19.0. The number of nitrogens with zero attached hydrogens (tertiary/aromatic N) is 1. The van der Waals surface area contributed by atoms with Crippen molar-refractivity contribution in [3.8, 4) is 0 Å². The molecular formula is C16H27N3O2. The maximum atomic E-state index is 12.2. The predicted octanol–water partition coefficient (Wildman–Crippen LogP) is 3.62. The Bertz CT molecular complexity index is 458. The van der Waals surface area contributed by atoms with Gasteiger partial charge < -0.3 is 15.2 Å². The summed E-state index contributed by atoms with van der Waals surface area (Å²) in [5.41, 5.74) is 1.80. The Hall–Kier alpha value is -1.52. The van der Waals surface area contributed by atoms with Crippen molar-refractivity contribution in [1.29, 1.82) is 0 Å². The molecule has 2 amide bonds. The minimum Gasteiger partial charge on any atom is -0.361 e. The highest BCUT2D eigenvalue weighted by Crippen LogP contribution is 2.26. The summed E-state index contributed by atoms with van der Waals surface area (Å²) in [5.74, 6) is 1.37. The topological polar surface area (TPSA) is 67.2 Å². The molecule has 0 bridgehead atoms. The average molecular weight is 293 g/mol. The van der Waals surface area contributed by atoms with E-state index in [1.807, 2.05) is 20.8 Å². The van der Waals surface area contributed by atoms with Crippen molar-refractivity contribution >= 4 is 6.03 Å². The Morgan fingerprint density at radius 3 is 2.43 bits per heavy atom. The minimum absolute atomic E-state index is 0.102. The van der Waals surface area contributed by atoms with Crippen molar-refractivity contribution in [1.82, 2.24) is 15.8 Å². The molecule has 2 N–H and O–H groups in total. The Morgan fingerprint density at radius 2 is 1.86 bits per heavy atom. The highest BCUT2D eigenvalue weighted by molar-refractivity contribution is 5.74.